The van der Waals surface area contributed by atoms with Gasteiger partial charge in [0, 0.05) is 11.4 Å². The molecule has 0 fully saturated rings. The van der Waals surface area contributed by atoms with Gasteiger partial charge >= 0.3 is 6.03 Å². The van der Waals surface area contributed by atoms with Crippen LogP contribution in [0.5, 0.6) is 5.75 Å². The fourth-order valence-corrected chi connectivity index (χ4v) is 2.74. The Morgan fingerprint density at radius 2 is 2.04 bits per heavy atom. The number of urea groups is 1. The van der Waals surface area contributed by atoms with Gasteiger partial charge in [-0.1, -0.05) is 19.1 Å². The van der Waals surface area contributed by atoms with Gasteiger partial charge in [-0.3, -0.25) is 10.1 Å². The summed E-state index contributed by atoms with van der Waals surface area (Å²) in [5.74, 6) is 0.490. The van der Waals surface area contributed by atoms with Crippen molar-refractivity contribution in [3.63, 3.8) is 0 Å². The number of aromatic nitrogens is 1. The molecule has 0 aliphatic heterocycles. The monoisotopic (exact) mass is 362 g/mol. The van der Waals surface area contributed by atoms with Crippen LogP contribution in [-0.2, 0) is 11.2 Å². The lowest BCUT2D eigenvalue weighted by molar-refractivity contribution is -0.121. The Labute approximate surface area is 150 Å². The fraction of sp³-hybridized carbons (Fsp3) is 0.353. The van der Waals surface area contributed by atoms with Crippen LogP contribution >= 0.6 is 11.3 Å². The van der Waals surface area contributed by atoms with Gasteiger partial charge in [0.1, 0.15) is 5.75 Å². The molecule has 3 N–H and O–H groups in total. The highest BCUT2D eigenvalue weighted by atomic mass is 32.1. The first-order valence-corrected chi connectivity index (χ1v) is 8.84. The minimum atomic E-state index is -0.422. The van der Waals surface area contributed by atoms with Crippen molar-refractivity contribution in [1.29, 1.82) is 0 Å². The molecule has 2 rings (SSSR count). The molecular formula is C17H22N4O3S. The van der Waals surface area contributed by atoms with Crippen molar-refractivity contribution in [2.75, 3.05) is 17.7 Å². The van der Waals surface area contributed by atoms with Crippen LogP contribution in [0.3, 0.4) is 0 Å². The largest absolute Gasteiger partial charge is 0.495 e. The Kier molecular flexibility index (Phi) is 6.76. The molecule has 1 aromatic heterocycles. The lowest BCUT2D eigenvalue weighted by Gasteiger charge is -2.10. The van der Waals surface area contributed by atoms with E-state index in [0.29, 0.717) is 22.3 Å². The van der Waals surface area contributed by atoms with E-state index in [0.717, 1.165) is 6.42 Å². The summed E-state index contributed by atoms with van der Waals surface area (Å²) in [7, 11) is 1.54. The maximum atomic E-state index is 12.1. The molecule has 0 spiro atoms. The van der Waals surface area contributed by atoms with Crippen molar-refractivity contribution >= 4 is 34.1 Å². The van der Waals surface area contributed by atoms with Crippen molar-refractivity contribution in [2.24, 2.45) is 0 Å². The molecule has 1 atom stereocenters. The van der Waals surface area contributed by atoms with Gasteiger partial charge in [-0.2, -0.15) is 0 Å². The predicted molar refractivity (Wildman–Crippen MR) is 99.3 cm³/mol. The molecule has 0 bridgehead atoms. The van der Waals surface area contributed by atoms with E-state index in [9.17, 15) is 9.59 Å². The third kappa shape index (κ3) is 5.75. The van der Waals surface area contributed by atoms with Crippen molar-refractivity contribution in [2.45, 2.75) is 32.7 Å². The second-order valence-corrected chi connectivity index (χ2v) is 6.34. The van der Waals surface area contributed by atoms with E-state index in [1.807, 2.05) is 19.9 Å². The molecule has 2 aromatic rings. The fourth-order valence-electron chi connectivity index (χ4n) is 2.04. The number of hydrogen-bond acceptors (Lipinski definition) is 5. The van der Waals surface area contributed by atoms with E-state index in [2.05, 4.69) is 20.9 Å². The number of benzene rings is 1. The van der Waals surface area contributed by atoms with E-state index in [1.54, 1.807) is 23.6 Å². The summed E-state index contributed by atoms with van der Waals surface area (Å²) in [6.07, 6.45) is 1.06. The first-order valence-electron chi connectivity index (χ1n) is 7.96. The van der Waals surface area contributed by atoms with Crippen LogP contribution in [0.1, 0.15) is 26.0 Å². The van der Waals surface area contributed by atoms with Crippen LogP contribution in [0, 0.1) is 0 Å². The molecule has 1 aromatic carbocycles. The maximum Gasteiger partial charge on any atom is 0.325 e. The Hall–Kier alpha value is -2.61. The topological polar surface area (TPSA) is 92.4 Å². The molecule has 0 aliphatic carbocycles. The number of para-hydroxylation sites is 2. The van der Waals surface area contributed by atoms with Gasteiger partial charge in [-0.15, -0.1) is 11.3 Å². The lowest BCUT2D eigenvalue weighted by Crippen LogP contribution is -2.33. The third-order valence-corrected chi connectivity index (χ3v) is 4.30. The Bertz CT molecular complexity index is 732. The summed E-state index contributed by atoms with van der Waals surface area (Å²) in [5, 5.41) is 10.4. The van der Waals surface area contributed by atoms with Crippen LogP contribution < -0.4 is 20.7 Å². The molecule has 0 saturated carbocycles. The first-order chi connectivity index (χ1) is 12.0. The van der Waals surface area contributed by atoms with Gasteiger partial charge < -0.3 is 15.4 Å². The number of nitrogens with one attached hydrogen (secondary N) is 3. The Balaban J connectivity index is 1.90. The second kappa shape index (κ2) is 9.03. The minimum absolute atomic E-state index is 0.0790. The summed E-state index contributed by atoms with van der Waals surface area (Å²) in [5.41, 5.74) is 1.19. The van der Waals surface area contributed by atoms with Crippen LogP contribution in [0.2, 0.25) is 0 Å². The highest BCUT2D eigenvalue weighted by molar-refractivity contribution is 7.14. The smallest absolute Gasteiger partial charge is 0.325 e. The van der Waals surface area contributed by atoms with Crippen LogP contribution in [-0.4, -0.2) is 30.1 Å². The molecule has 0 aliphatic rings. The molecule has 0 radical (unpaired) electrons. The van der Waals surface area contributed by atoms with Crippen molar-refractivity contribution in [3.8, 4) is 5.75 Å². The normalized spacial score (nSPS) is 11.5. The van der Waals surface area contributed by atoms with Crippen molar-refractivity contribution in [3.05, 3.63) is 35.3 Å². The molecule has 134 valence electrons. The third-order valence-electron chi connectivity index (χ3n) is 3.49. The van der Waals surface area contributed by atoms with Crippen LogP contribution in [0.25, 0.3) is 0 Å². The zero-order valence-electron chi connectivity index (χ0n) is 14.5. The molecule has 7 nitrogen and oxygen atoms in total. The zero-order chi connectivity index (χ0) is 18.2. The number of carbonyl (C=O) groups is 2. The van der Waals surface area contributed by atoms with Crippen LogP contribution in [0.15, 0.2) is 29.6 Å². The quantitative estimate of drug-likeness (QED) is 0.705. The average Bonchev–Trinajstić information content (AvgIpc) is 3.01. The van der Waals surface area contributed by atoms with Crippen LogP contribution in [0.4, 0.5) is 15.6 Å². The standard InChI is InChI=1S/C17H22N4O3S/c1-4-11(2)18-15(22)9-12-10-25-17(19-12)21-16(23)20-13-7-5-6-8-14(13)24-3/h5-8,10-11H,4,9H2,1-3H3,(H,18,22)(H2,19,20,21,23). The number of ether oxygens (including phenoxy) is 1. The number of nitrogens with zero attached hydrogens (tertiary/aromatic N) is 1. The van der Waals surface area contributed by atoms with Gasteiger partial charge in [0.05, 0.1) is 24.9 Å². The number of thiazole rings is 1. The summed E-state index contributed by atoms with van der Waals surface area (Å²) < 4.78 is 5.19. The van der Waals surface area contributed by atoms with Gasteiger partial charge in [-0.05, 0) is 25.5 Å². The highest BCUT2D eigenvalue weighted by Crippen LogP contribution is 2.23. The summed E-state index contributed by atoms with van der Waals surface area (Å²) in [6, 6.07) is 6.83. The highest BCUT2D eigenvalue weighted by Gasteiger charge is 2.12. The van der Waals surface area contributed by atoms with E-state index in [1.165, 1.54) is 18.4 Å². The molecule has 25 heavy (non-hydrogen) atoms. The molecule has 0 saturated heterocycles. The zero-order valence-corrected chi connectivity index (χ0v) is 15.3. The maximum absolute atomic E-state index is 12.1. The van der Waals surface area contributed by atoms with E-state index in [-0.39, 0.29) is 18.4 Å². The molecule has 8 heteroatoms. The van der Waals surface area contributed by atoms with Crippen molar-refractivity contribution < 1.29 is 14.3 Å². The van der Waals surface area contributed by atoms with Crippen molar-refractivity contribution in [1.82, 2.24) is 10.3 Å². The average molecular weight is 362 g/mol. The van der Waals surface area contributed by atoms with Gasteiger partial charge in [-0.25, -0.2) is 9.78 Å². The van der Waals surface area contributed by atoms with E-state index >= 15 is 0 Å². The number of hydrogen-bond donors (Lipinski definition) is 3. The van der Waals surface area contributed by atoms with Gasteiger partial charge in [0.2, 0.25) is 5.91 Å². The Morgan fingerprint density at radius 3 is 2.76 bits per heavy atom. The number of rotatable bonds is 7. The predicted octanol–water partition coefficient (Wildman–Crippen LogP) is 3.25. The molecule has 1 heterocycles. The molecule has 3 amide bonds. The van der Waals surface area contributed by atoms with Gasteiger partial charge in [0.25, 0.3) is 0 Å². The molecule has 1 unspecified atom stereocenters. The number of amides is 3. The summed E-state index contributed by atoms with van der Waals surface area (Å²) in [6.45, 7) is 3.96. The minimum Gasteiger partial charge on any atom is -0.495 e. The SMILES string of the molecule is CCC(C)NC(=O)Cc1csc(NC(=O)Nc2ccccc2OC)n1. The Morgan fingerprint density at radius 1 is 1.28 bits per heavy atom. The second-order valence-electron chi connectivity index (χ2n) is 5.48. The van der Waals surface area contributed by atoms with E-state index < -0.39 is 6.03 Å². The lowest BCUT2D eigenvalue weighted by atomic mass is 10.2. The number of carbonyl (C=O) groups excluding carboxylic acids is 2. The summed E-state index contributed by atoms with van der Waals surface area (Å²) in [4.78, 5) is 28.2. The summed E-state index contributed by atoms with van der Waals surface area (Å²) >= 11 is 1.27. The molecular weight excluding hydrogens is 340 g/mol. The number of methoxy groups -OCH3 is 1. The first kappa shape index (κ1) is 18.7. The number of anilines is 2. The van der Waals surface area contributed by atoms with Gasteiger partial charge in [0.15, 0.2) is 5.13 Å². The van der Waals surface area contributed by atoms with E-state index in [4.69, 9.17) is 4.74 Å².